The average Bonchev–Trinajstić information content (AvgIpc) is 2.83. The Kier molecular flexibility index (Phi) is 4.98. The number of rotatable bonds is 6. The third-order valence-electron chi connectivity index (χ3n) is 4.01. The standard InChI is InChI=1S/C17H24N4/c1-5-20(6-2)16(13(3)4)17-19-14-9-7-8-10-15(14)21(17)12-11-18/h7-10,13,16H,5-6,12H2,1-4H3. The van der Waals surface area contributed by atoms with Crippen LogP contribution in [0.5, 0.6) is 0 Å². The number of aromatic nitrogens is 2. The van der Waals surface area contributed by atoms with Gasteiger partial charge in [0.25, 0.3) is 0 Å². The highest BCUT2D eigenvalue weighted by atomic mass is 15.2. The molecule has 0 spiro atoms. The van der Waals surface area contributed by atoms with Crippen LogP contribution in [0.2, 0.25) is 0 Å². The van der Waals surface area contributed by atoms with Crippen LogP contribution in [-0.2, 0) is 6.54 Å². The second kappa shape index (κ2) is 6.73. The molecule has 112 valence electrons. The quantitative estimate of drug-likeness (QED) is 0.814. The van der Waals surface area contributed by atoms with Gasteiger partial charge < -0.3 is 4.57 Å². The second-order valence-electron chi connectivity index (χ2n) is 5.61. The Balaban J connectivity index is 2.61. The van der Waals surface area contributed by atoms with Crippen LogP contribution in [-0.4, -0.2) is 27.5 Å². The van der Waals surface area contributed by atoms with Gasteiger partial charge in [-0.1, -0.05) is 39.8 Å². The third-order valence-corrected chi connectivity index (χ3v) is 4.01. The van der Waals surface area contributed by atoms with E-state index < -0.39 is 0 Å². The molecule has 4 nitrogen and oxygen atoms in total. The molecule has 1 aromatic carbocycles. The number of nitriles is 1. The molecule has 0 aliphatic rings. The summed E-state index contributed by atoms with van der Waals surface area (Å²) in [5, 5.41) is 9.18. The van der Waals surface area contributed by atoms with E-state index >= 15 is 0 Å². The summed E-state index contributed by atoms with van der Waals surface area (Å²) in [5.74, 6) is 1.45. The van der Waals surface area contributed by atoms with Gasteiger partial charge in [-0.25, -0.2) is 4.98 Å². The molecule has 0 saturated heterocycles. The predicted octanol–water partition coefficient (Wildman–Crippen LogP) is 3.60. The monoisotopic (exact) mass is 284 g/mol. The molecule has 0 aliphatic heterocycles. The number of nitrogens with zero attached hydrogens (tertiary/aromatic N) is 4. The summed E-state index contributed by atoms with van der Waals surface area (Å²) in [6.07, 6.45) is 0. The lowest BCUT2D eigenvalue weighted by atomic mass is 10.0. The van der Waals surface area contributed by atoms with E-state index in [2.05, 4.69) is 43.2 Å². The summed E-state index contributed by atoms with van der Waals surface area (Å²) in [7, 11) is 0. The fourth-order valence-electron chi connectivity index (χ4n) is 3.06. The molecule has 0 N–H and O–H groups in total. The predicted molar refractivity (Wildman–Crippen MR) is 85.8 cm³/mol. The average molecular weight is 284 g/mol. The summed E-state index contributed by atoms with van der Waals surface area (Å²) < 4.78 is 2.07. The number of para-hydroxylation sites is 2. The van der Waals surface area contributed by atoms with E-state index in [0.717, 1.165) is 29.9 Å². The summed E-state index contributed by atoms with van der Waals surface area (Å²) in [6, 6.07) is 10.6. The van der Waals surface area contributed by atoms with Crippen molar-refractivity contribution < 1.29 is 0 Å². The van der Waals surface area contributed by atoms with Crippen molar-refractivity contribution in [1.29, 1.82) is 5.26 Å². The Hall–Kier alpha value is -1.86. The molecule has 0 fully saturated rings. The zero-order valence-electron chi connectivity index (χ0n) is 13.4. The number of imidazole rings is 1. The summed E-state index contributed by atoms with van der Waals surface area (Å²) in [4.78, 5) is 7.26. The van der Waals surface area contributed by atoms with Gasteiger partial charge in [-0.2, -0.15) is 5.26 Å². The smallest absolute Gasteiger partial charge is 0.128 e. The Bertz CT molecular complexity index is 632. The fourth-order valence-corrected chi connectivity index (χ4v) is 3.06. The Labute approximate surface area is 127 Å². The van der Waals surface area contributed by atoms with Crippen LogP contribution in [0, 0.1) is 17.2 Å². The van der Waals surface area contributed by atoms with E-state index in [0.29, 0.717) is 12.5 Å². The van der Waals surface area contributed by atoms with Crippen molar-refractivity contribution >= 4 is 11.0 Å². The van der Waals surface area contributed by atoms with Gasteiger partial charge in [-0.05, 0) is 31.1 Å². The Morgan fingerprint density at radius 2 is 1.90 bits per heavy atom. The summed E-state index contributed by atoms with van der Waals surface area (Å²) in [5.41, 5.74) is 2.02. The van der Waals surface area contributed by atoms with E-state index in [4.69, 9.17) is 4.98 Å². The first-order valence-corrected chi connectivity index (χ1v) is 7.70. The van der Waals surface area contributed by atoms with Crippen LogP contribution in [0.4, 0.5) is 0 Å². The van der Waals surface area contributed by atoms with Crippen LogP contribution in [0.3, 0.4) is 0 Å². The molecule has 21 heavy (non-hydrogen) atoms. The zero-order chi connectivity index (χ0) is 15.4. The lowest BCUT2D eigenvalue weighted by molar-refractivity contribution is 0.161. The van der Waals surface area contributed by atoms with Gasteiger partial charge in [0.2, 0.25) is 0 Å². The van der Waals surface area contributed by atoms with Gasteiger partial charge in [0.15, 0.2) is 0 Å². The molecule has 0 saturated carbocycles. The molecular weight excluding hydrogens is 260 g/mol. The maximum absolute atomic E-state index is 9.18. The molecule has 0 radical (unpaired) electrons. The topological polar surface area (TPSA) is 44.9 Å². The summed E-state index contributed by atoms with van der Waals surface area (Å²) in [6.45, 7) is 11.1. The van der Waals surface area contributed by atoms with E-state index in [1.54, 1.807) is 0 Å². The molecule has 1 atom stereocenters. The third kappa shape index (κ3) is 2.93. The Morgan fingerprint density at radius 3 is 2.48 bits per heavy atom. The first kappa shape index (κ1) is 15.5. The molecule has 0 bridgehead atoms. The summed E-state index contributed by atoms with van der Waals surface area (Å²) >= 11 is 0. The minimum atomic E-state index is 0.237. The normalized spacial score (nSPS) is 13.0. The van der Waals surface area contributed by atoms with E-state index in [-0.39, 0.29) is 6.04 Å². The van der Waals surface area contributed by atoms with Gasteiger partial charge >= 0.3 is 0 Å². The molecule has 4 heteroatoms. The van der Waals surface area contributed by atoms with Crippen molar-refractivity contribution in [1.82, 2.24) is 14.5 Å². The van der Waals surface area contributed by atoms with Gasteiger partial charge in [-0.15, -0.1) is 0 Å². The number of hydrogen-bond acceptors (Lipinski definition) is 3. The van der Waals surface area contributed by atoms with Crippen molar-refractivity contribution in [3.05, 3.63) is 30.1 Å². The second-order valence-corrected chi connectivity index (χ2v) is 5.61. The lowest BCUT2D eigenvalue weighted by Crippen LogP contribution is -2.33. The van der Waals surface area contributed by atoms with Crippen molar-refractivity contribution in [2.45, 2.75) is 40.3 Å². The van der Waals surface area contributed by atoms with Gasteiger partial charge in [0.05, 0.1) is 23.1 Å². The first-order valence-electron chi connectivity index (χ1n) is 7.70. The minimum Gasteiger partial charge on any atom is -0.313 e. The van der Waals surface area contributed by atoms with Crippen molar-refractivity contribution in [3.8, 4) is 6.07 Å². The van der Waals surface area contributed by atoms with Gasteiger partial charge in [-0.3, -0.25) is 4.90 Å². The van der Waals surface area contributed by atoms with Gasteiger partial charge in [0, 0.05) is 0 Å². The van der Waals surface area contributed by atoms with E-state index in [1.165, 1.54) is 0 Å². The largest absolute Gasteiger partial charge is 0.313 e. The number of fused-ring (bicyclic) bond motifs is 1. The van der Waals surface area contributed by atoms with Crippen molar-refractivity contribution in [2.24, 2.45) is 5.92 Å². The molecule has 1 unspecified atom stereocenters. The van der Waals surface area contributed by atoms with Gasteiger partial charge in [0.1, 0.15) is 12.4 Å². The van der Waals surface area contributed by atoms with Crippen LogP contribution in [0.15, 0.2) is 24.3 Å². The van der Waals surface area contributed by atoms with Crippen LogP contribution in [0.25, 0.3) is 11.0 Å². The van der Waals surface area contributed by atoms with E-state index in [1.807, 2.05) is 24.3 Å². The van der Waals surface area contributed by atoms with Crippen LogP contribution < -0.4 is 0 Å². The molecular formula is C17H24N4. The van der Waals surface area contributed by atoms with Crippen molar-refractivity contribution in [3.63, 3.8) is 0 Å². The molecule has 0 aliphatic carbocycles. The molecule has 2 rings (SSSR count). The first-order chi connectivity index (χ1) is 10.1. The molecule has 0 amide bonds. The fraction of sp³-hybridized carbons (Fsp3) is 0.529. The molecule has 1 heterocycles. The highest BCUT2D eigenvalue weighted by Crippen LogP contribution is 2.30. The Morgan fingerprint density at radius 1 is 1.24 bits per heavy atom. The molecule has 2 aromatic rings. The molecule has 1 aromatic heterocycles. The minimum absolute atomic E-state index is 0.237. The number of benzene rings is 1. The number of hydrogen-bond donors (Lipinski definition) is 0. The van der Waals surface area contributed by atoms with Crippen molar-refractivity contribution in [2.75, 3.05) is 13.1 Å². The SMILES string of the molecule is CCN(CC)C(c1nc2ccccc2n1CC#N)C(C)C. The lowest BCUT2D eigenvalue weighted by Gasteiger charge is -2.32. The highest BCUT2D eigenvalue weighted by Gasteiger charge is 2.27. The van der Waals surface area contributed by atoms with E-state index in [9.17, 15) is 5.26 Å². The maximum atomic E-state index is 9.18. The highest BCUT2D eigenvalue weighted by molar-refractivity contribution is 5.76. The zero-order valence-corrected chi connectivity index (χ0v) is 13.4. The van der Waals surface area contributed by atoms with Crippen LogP contribution in [0.1, 0.15) is 39.6 Å². The van der Waals surface area contributed by atoms with Crippen LogP contribution >= 0.6 is 0 Å². The maximum Gasteiger partial charge on any atom is 0.128 e.